The summed E-state index contributed by atoms with van der Waals surface area (Å²) in [7, 11) is 0. The summed E-state index contributed by atoms with van der Waals surface area (Å²) in [5.74, 6) is 0. The van der Waals surface area contributed by atoms with E-state index in [1.165, 1.54) is 55.6 Å². The quantitative estimate of drug-likeness (QED) is 0.211. The van der Waals surface area contributed by atoms with Crippen LogP contribution < -0.4 is 0 Å². The van der Waals surface area contributed by atoms with Gasteiger partial charge in [0, 0.05) is 21.4 Å². The Balaban J connectivity index is 1.49. The average Bonchev–Trinajstić information content (AvgIpc) is 3.61. The summed E-state index contributed by atoms with van der Waals surface area (Å²) >= 11 is 6.77. The number of furan rings is 1. The third-order valence-electron chi connectivity index (χ3n) is 8.76. The van der Waals surface area contributed by atoms with E-state index in [2.05, 4.69) is 115 Å². The highest BCUT2D eigenvalue weighted by atomic mass is 35.5. The molecule has 0 aliphatic heterocycles. The molecule has 0 fully saturated rings. The molecule has 0 bridgehead atoms. The van der Waals surface area contributed by atoms with Crippen molar-refractivity contribution < 1.29 is 4.42 Å². The van der Waals surface area contributed by atoms with E-state index < -0.39 is 5.41 Å². The molecule has 2 aliphatic carbocycles. The molecule has 2 aliphatic rings. The zero-order chi connectivity index (χ0) is 25.7. The molecule has 1 unspecified atom stereocenters. The standard InChI is InChI=1S/C37H21ClO/c38-23-17-18-28-32(21-23)37(31-20-19-26-25-11-5-7-16-33(25)39-36(26)35(28)31)29-14-6-4-12-27(29)34-24(13-8-15-30(34)37)22-9-2-1-3-10-22/h1-21H. The Morgan fingerprint density at radius 1 is 0.487 bits per heavy atom. The molecular formula is C37H21ClO. The highest BCUT2D eigenvalue weighted by molar-refractivity contribution is 6.31. The van der Waals surface area contributed by atoms with Gasteiger partial charge in [-0.2, -0.15) is 0 Å². The lowest BCUT2D eigenvalue weighted by molar-refractivity contribution is 0.669. The molecule has 182 valence electrons. The van der Waals surface area contributed by atoms with E-state index in [4.69, 9.17) is 16.0 Å². The maximum Gasteiger partial charge on any atom is 0.143 e. The van der Waals surface area contributed by atoms with Crippen LogP contribution in [0, 0.1) is 0 Å². The fraction of sp³-hybridized carbons (Fsp3) is 0.0270. The maximum atomic E-state index is 6.77. The van der Waals surface area contributed by atoms with Crippen molar-refractivity contribution in [3.63, 3.8) is 0 Å². The van der Waals surface area contributed by atoms with Gasteiger partial charge in [0.15, 0.2) is 0 Å². The molecule has 0 radical (unpaired) electrons. The van der Waals surface area contributed by atoms with Gasteiger partial charge in [-0.05, 0) is 68.3 Å². The Kier molecular flexibility index (Phi) is 4.11. The van der Waals surface area contributed by atoms with E-state index in [1.54, 1.807) is 0 Å². The van der Waals surface area contributed by atoms with Crippen LogP contribution in [0.3, 0.4) is 0 Å². The first-order chi connectivity index (χ1) is 19.3. The summed E-state index contributed by atoms with van der Waals surface area (Å²) in [6.07, 6.45) is 0. The van der Waals surface area contributed by atoms with Crippen LogP contribution >= 0.6 is 11.6 Å². The lowest BCUT2D eigenvalue weighted by atomic mass is 9.70. The van der Waals surface area contributed by atoms with Crippen molar-refractivity contribution in [3.8, 4) is 33.4 Å². The molecule has 0 amide bonds. The van der Waals surface area contributed by atoms with Crippen molar-refractivity contribution in [2.75, 3.05) is 0 Å². The zero-order valence-electron chi connectivity index (χ0n) is 20.9. The molecule has 7 aromatic rings. The summed E-state index contributed by atoms with van der Waals surface area (Å²) in [6, 6.07) is 45.6. The first kappa shape index (κ1) is 21.4. The summed E-state index contributed by atoms with van der Waals surface area (Å²) in [5.41, 5.74) is 13.8. The van der Waals surface area contributed by atoms with E-state index in [0.717, 1.165) is 27.0 Å². The predicted molar refractivity (Wildman–Crippen MR) is 160 cm³/mol. The number of hydrogen-bond acceptors (Lipinski definition) is 1. The van der Waals surface area contributed by atoms with Crippen molar-refractivity contribution in [2.24, 2.45) is 0 Å². The highest BCUT2D eigenvalue weighted by Gasteiger charge is 2.53. The Hall–Kier alpha value is -4.59. The molecule has 1 atom stereocenters. The maximum absolute atomic E-state index is 6.77. The number of rotatable bonds is 1. The van der Waals surface area contributed by atoms with Gasteiger partial charge in [-0.25, -0.2) is 0 Å². The molecule has 6 aromatic carbocycles. The molecule has 39 heavy (non-hydrogen) atoms. The van der Waals surface area contributed by atoms with Gasteiger partial charge in [0.05, 0.1) is 5.41 Å². The average molecular weight is 517 g/mol. The fourth-order valence-electron chi connectivity index (χ4n) is 7.33. The van der Waals surface area contributed by atoms with E-state index in [-0.39, 0.29) is 0 Å². The van der Waals surface area contributed by atoms with E-state index in [1.807, 2.05) is 12.1 Å². The van der Waals surface area contributed by atoms with Crippen LogP contribution in [0.15, 0.2) is 132 Å². The Morgan fingerprint density at radius 2 is 1.21 bits per heavy atom. The second-order valence-corrected chi connectivity index (χ2v) is 11.0. The Morgan fingerprint density at radius 3 is 2.13 bits per heavy atom. The third kappa shape index (κ3) is 2.56. The second-order valence-electron chi connectivity index (χ2n) is 10.5. The number of fused-ring (bicyclic) bond motifs is 14. The largest absolute Gasteiger partial charge is 0.455 e. The molecule has 1 aromatic heterocycles. The Bertz CT molecular complexity index is 2140. The van der Waals surface area contributed by atoms with Gasteiger partial charge in [0.1, 0.15) is 11.2 Å². The molecule has 0 N–H and O–H groups in total. The van der Waals surface area contributed by atoms with Gasteiger partial charge >= 0.3 is 0 Å². The minimum Gasteiger partial charge on any atom is -0.455 e. The van der Waals surface area contributed by atoms with Gasteiger partial charge in [-0.1, -0.05) is 121 Å². The first-order valence-electron chi connectivity index (χ1n) is 13.3. The predicted octanol–water partition coefficient (Wildman–Crippen LogP) is 10.2. The fourth-order valence-corrected chi connectivity index (χ4v) is 7.50. The van der Waals surface area contributed by atoms with Crippen LogP contribution in [0.5, 0.6) is 0 Å². The van der Waals surface area contributed by atoms with E-state index in [9.17, 15) is 0 Å². The van der Waals surface area contributed by atoms with Crippen LogP contribution in [-0.4, -0.2) is 0 Å². The minimum atomic E-state index is -0.487. The number of halogens is 1. The normalized spacial score (nSPS) is 16.4. The highest BCUT2D eigenvalue weighted by Crippen LogP contribution is 2.65. The van der Waals surface area contributed by atoms with Crippen molar-refractivity contribution in [2.45, 2.75) is 5.41 Å². The molecule has 9 rings (SSSR count). The lowest BCUT2D eigenvalue weighted by Crippen LogP contribution is -2.25. The van der Waals surface area contributed by atoms with Crippen LogP contribution in [0.2, 0.25) is 5.02 Å². The van der Waals surface area contributed by atoms with Gasteiger partial charge in [0.25, 0.3) is 0 Å². The molecule has 0 saturated heterocycles. The van der Waals surface area contributed by atoms with Crippen LogP contribution in [0.4, 0.5) is 0 Å². The smallest absolute Gasteiger partial charge is 0.143 e. The first-order valence-corrected chi connectivity index (χ1v) is 13.7. The van der Waals surface area contributed by atoms with Crippen LogP contribution in [-0.2, 0) is 5.41 Å². The third-order valence-corrected chi connectivity index (χ3v) is 8.99. The molecular weight excluding hydrogens is 496 g/mol. The van der Waals surface area contributed by atoms with Crippen molar-refractivity contribution in [1.29, 1.82) is 0 Å². The van der Waals surface area contributed by atoms with Gasteiger partial charge in [0.2, 0.25) is 0 Å². The molecule has 2 heteroatoms. The van der Waals surface area contributed by atoms with Crippen LogP contribution in [0.1, 0.15) is 22.3 Å². The van der Waals surface area contributed by atoms with Crippen LogP contribution in [0.25, 0.3) is 55.3 Å². The van der Waals surface area contributed by atoms with Gasteiger partial charge < -0.3 is 4.42 Å². The topological polar surface area (TPSA) is 13.1 Å². The second kappa shape index (κ2) is 7.50. The molecule has 1 spiro atoms. The summed E-state index contributed by atoms with van der Waals surface area (Å²) in [5, 5.41) is 3.03. The summed E-state index contributed by atoms with van der Waals surface area (Å²) in [4.78, 5) is 0. The molecule has 1 heterocycles. The number of hydrogen-bond donors (Lipinski definition) is 0. The van der Waals surface area contributed by atoms with Gasteiger partial charge in [-0.3, -0.25) is 0 Å². The van der Waals surface area contributed by atoms with Crippen molar-refractivity contribution in [3.05, 3.63) is 155 Å². The summed E-state index contributed by atoms with van der Waals surface area (Å²) in [6.45, 7) is 0. The number of benzene rings is 6. The van der Waals surface area contributed by atoms with Crippen molar-refractivity contribution >= 4 is 33.5 Å². The SMILES string of the molecule is Clc1ccc2c(c1)C1(c3ccccc3-c3c(-c4ccccc4)cccc31)c1ccc3c(oc4ccccc43)c1-2. The molecule has 0 saturated carbocycles. The van der Waals surface area contributed by atoms with E-state index >= 15 is 0 Å². The Labute approximate surface area is 230 Å². The monoisotopic (exact) mass is 516 g/mol. The van der Waals surface area contributed by atoms with Gasteiger partial charge in [-0.15, -0.1) is 0 Å². The molecule has 1 nitrogen and oxygen atoms in total. The summed E-state index contributed by atoms with van der Waals surface area (Å²) < 4.78 is 6.62. The number of para-hydroxylation sites is 1. The zero-order valence-corrected chi connectivity index (χ0v) is 21.7. The lowest BCUT2D eigenvalue weighted by Gasteiger charge is -2.30. The van der Waals surface area contributed by atoms with Crippen molar-refractivity contribution in [1.82, 2.24) is 0 Å². The minimum absolute atomic E-state index is 0.487. The van der Waals surface area contributed by atoms with E-state index in [0.29, 0.717) is 0 Å².